The Bertz CT molecular complexity index is 234. The molecule has 0 saturated heterocycles. The van der Waals surface area contributed by atoms with Gasteiger partial charge in [-0.15, -0.1) is 0 Å². The van der Waals surface area contributed by atoms with Gasteiger partial charge < -0.3 is 5.32 Å². The summed E-state index contributed by atoms with van der Waals surface area (Å²) in [7, 11) is 0. The predicted octanol–water partition coefficient (Wildman–Crippen LogP) is 2.39. The lowest BCUT2D eigenvalue weighted by atomic mass is 10.2. The summed E-state index contributed by atoms with van der Waals surface area (Å²) >= 11 is 0. The topological polar surface area (TPSA) is 24.4 Å². The second-order valence-electron chi connectivity index (χ2n) is 2.09. The van der Waals surface area contributed by atoms with Crippen LogP contribution >= 0.6 is 0 Å². The van der Waals surface area contributed by atoms with E-state index in [4.69, 9.17) is 0 Å². The van der Waals surface area contributed by atoms with E-state index in [1.54, 1.807) is 12.3 Å². The summed E-state index contributed by atoms with van der Waals surface area (Å²) in [5.74, 6) is 0.736. The highest BCUT2D eigenvalue weighted by atomic mass is 15.0. The molecule has 0 aliphatic rings. The van der Waals surface area contributed by atoms with E-state index in [0.717, 1.165) is 11.4 Å². The molecule has 0 aliphatic heterocycles. The van der Waals surface area contributed by atoms with Crippen molar-refractivity contribution in [1.82, 2.24) is 5.32 Å². The van der Waals surface area contributed by atoms with Crippen LogP contribution in [0.15, 0.2) is 54.9 Å². The van der Waals surface area contributed by atoms with E-state index in [2.05, 4.69) is 30.0 Å². The van der Waals surface area contributed by atoms with Crippen LogP contribution in [0.5, 0.6) is 0 Å². The van der Waals surface area contributed by atoms with Gasteiger partial charge in [0.25, 0.3) is 0 Å². The van der Waals surface area contributed by atoms with E-state index in [1.807, 2.05) is 13.0 Å². The quantitative estimate of drug-likeness (QED) is 0.383. The van der Waals surface area contributed by atoms with Gasteiger partial charge in [0.05, 0.1) is 0 Å². The van der Waals surface area contributed by atoms with E-state index >= 15 is 0 Å². The molecule has 0 atom stereocenters. The third-order valence-electron chi connectivity index (χ3n) is 1.20. The zero-order valence-electron chi connectivity index (χ0n) is 7.38. The first-order valence-corrected chi connectivity index (χ1v) is 3.62. The first-order chi connectivity index (χ1) is 5.76. The molecule has 0 saturated carbocycles. The Morgan fingerprint density at radius 1 is 1.33 bits per heavy atom. The fraction of sp³-hybridized carbons (Fsp3) is 0.100. The second-order valence-corrected chi connectivity index (χ2v) is 2.09. The third kappa shape index (κ3) is 3.56. The molecule has 0 rings (SSSR count). The van der Waals surface area contributed by atoms with Crippen molar-refractivity contribution < 1.29 is 0 Å². The van der Waals surface area contributed by atoms with Gasteiger partial charge in [0, 0.05) is 6.20 Å². The van der Waals surface area contributed by atoms with E-state index in [0.29, 0.717) is 0 Å². The van der Waals surface area contributed by atoms with Crippen LogP contribution in [0, 0.1) is 0 Å². The summed E-state index contributed by atoms with van der Waals surface area (Å²) in [4.78, 5) is 4.01. The minimum Gasteiger partial charge on any atom is -0.347 e. The SMILES string of the molecule is C=C/C=C(/C)C(=NC=C)NC=C. The second kappa shape index (κ2) is 6.16. The van der Waals surface area contributed by atoms with Gasteiger partial charge in [0.2, 0.25) is 0 Å². The molecule has 0 fully saturated rings. The fourth-order valence-corrected chi connectivity index (χ4v) is 0.697. The molecule has 0 heterocycles. The molecule has 0 unspecified atom stereocenters. The van der Waals surface area contributed by atoms with Crippen molar-refractivity contribution in [3.63, 3.8) is 0 Å². The van der Waals surface area contributed by atoms with Crippen LogP contribution < -0.4 is 5.32 Å². The van der Waals surface area contributed by atoms with Crippen LogP contribution in [0.1, 0.15) is 6.92 Å². The van der Waals surface area contributed by atoms with Crippen molar-refractivity contribution in [2.45, 2.75) is 6.92 Å². The molecule has 1 N–H and O–H groups in total. The number of nitrogens with one attached hydrogen (secondary N) is 1. The lowest BCUT2D eigenvalue weighted by molar-refractivity contribution is 1.24. The van der Waals surface area contributed by atoms with Crippen LogP contribution in [0.2, 0.25) is 0 Å². The van der Waals surface area contributed by atoms with Crippen molar-refractivity contribution in [3.8, 4) is 0 Å². The molecule has 0 aromatic heterocycles. The number of hydrogen-bond acceptors (Lipinski definition) is 1. The Morgan fingerprint density at radius 2 is 2.00 bits per heavy atom. The Kier molecular flexibility index (Phi) is 5.35. The third-order valence-corrected chi connectivity index (χ3v) is 1.20. The maximum Gasteiger partial charge on any atom is 0.132 e. The highest BCUT2D eigenvalue weighted by Gasteiger charge is 1.95. The standard InChI is InChI=1S/C10H14N2/c1-5-8-9(4)10(11-6-2)12-7-3/h5-8H,1-3H2,4H3,(H,11,12)/b9-8-. The summed E-state index contributed by atoms with van der Waals surface area (Å²) in [6.07, 6.45) is 6.62. The average molecular weight is 162 g/mol. The molecule has 0 radical (unpaired) electrons. The molecule has 0 aliphatic carbocycles. The Hall–Kier alpha value is -1.57. The summed E-state index contributed by atoms with van der Waals surface area (Å²) in [5.41, 5.74) is 0.991. The first-order valence-electron chi connectivity index (χ1n) is 3.62. The van der Waals surface area contributed by atoms with Gasteiger partial charge in [0.1, 0.15) is 5.84 Å². The fourth-order valence-electron chi connectivity index (χ4n) is 0.697. The molecular formula is C10H14N2. The first kappa shape index (κ1) is 10.4. The highest BCUT2D eigenvalue weighted by molar-refractivity contribution is 5.98. The van der Waals surface area contributed by atoms with Gasteiger partial charge in [-0.25, -0.2) is 4.99 Å². The zero-order valence-corrected chi connectivity index (χ0v) is 7.38. The summed E-state index contributed by atoms with van der Waals surface area (Å²) in [5, 5.41) is 2.89. The van der Waals surface area contributed by atoms with Crippen LogP contribution in [-0.4, -0.2) is 5.84 Å². The monoisotopic (exact) mass is 162 g/mol. The summed E-state index contributed by atoms with van der Waals surface area (Å²) < 4.78 is 0. The predicted molar refractivity (Wildman–Crippen MR) is 54.9 cm³/mol. The van der Waals surface area contributed by atoms with Gasteiger partial charge in [-0.2, -0.15) is 0 Å². The molecule has 0 bridgehead atoms. The average Bonchev–Trinajstić information content (AvgIpc) is 2.04. The van der Waals surface area contributed by atoms with E-state index < -0.39 is 0 Å². The number of rotatable bonds is 4. The van der Waals surface area contributed by atoms with Gasteiger partial charge in [-0.1, -0.05) is 31.9 Å². The van der Waals surface area contributed by atoms with Crippen molar-refractivity contribution in [2.75, 3.05) is 0 Å². The van der Waals surface area contributed by atoms with Gasteiger partial charge in [0.15, 0.2) is 0 Å². The maximum absolute atomic E-state index is 4.01. The number of aliphatic imine (C=N–C) groups is 1. The molecule has 0 amide bonds. The molecule has 12 heavy (non-hydrogen) atoms. The molecule has 0 spiro atoms. The Labute approximate surface area is 73.7 Å². The van der Waals surface area contributed by atoms with Crippen molar-refractivity contribution in [3.05, 3.63) is 49.9 Å². The molecular weight excluding hydrogens is 148 g/mol. The van der Waals surface area contributed by atoms with Crippen LogP contribution in [0.4, 0.5) is 0 Å². The smallest absolute Gasteiger partial charge is 0.132 e. The van der Waals surface area contributed by atoms with Crippen LogP contribution in [0.25, 0.3) is 0 Å². The largest absolute Gasteiger partial charge is 0.347 e. The minimum atomic E-state index is 0.736. The molecule has 2 nitrogen and oxygen atoms in total. The van der Waals surface area contributed by atoms with Crippen molar-refractivity contribution in [1.29, 1.82) is 0 Å². The summed E-state index contributed by atoms with van der Waals surface area (Å²) in [6.45, 7) is 12.6. The zero-order chi connectivity index (χ0) is 9.40. The molecule has 0 aromatic rings. The number of allylic oxidation sites excluding steroid dienone is 2. The highest BCUT2D eigenvalue weighted by Crippen LogP contribution is 1.95. The van der Waals surface area contributed by atoms with Crippen molar-refractivity contribution in [2.24, 2.45) is 4.99 Å². The Balaban J connectivity index is 4.60. The maximum atomic E-state index is 4.01. The van der Waals surface area contributed by atoms with Gasteiger partial charge in [-0.05, 0) is 18.7 Å². The van der Waals surface area contributed by atoms with E-state index in [9.17, 15) is 0 Å². The molecule has 64 valence electrons. The number of nitrogens with zero attached hydrogens (tertiary/aromatic N) is 1. The van der Waals surface area contributed by atoms with E-state index in [-0.39, 0.29) is 0 Å². The van der Waals surface area contributed by atoms with Gasteiger partial charge in [-0.3, -0.25) is 0 Å². The molecule has 0 aromatic carbocycles. The lowest BCUT2D eigenvalue weighted by Crippen LogP contribution is -2.17. The number of amidine groups is 1. The van der Waals surface area contributed by atoms with Gasteiger partial charge >= 0.3 is 0 Å². The lowest BCUT2D eigenvalue weighted by Gasteiger charge is -2.03. The number of hydrogen-bond donors (Lipinski definition) is 1. The van der Waals surface area contributed by atoms with E-state index in [1.165, 1.54) is 6.20 Å². The minimum absolute atomic E-state index is 0.736. The van der Waals surface area contributed by atoms with Crippen LogP contribution in [-0.2, 0) is 0 Å². The Morgan fingerprint density at radius 3 is 2.42 bits per heavy atom. The van der Waals surface area contributed by atoms with Crippen LogP contribution in [0.3, 0.4) is 0 Å². The van der Waals surface area contributed by atoms with Crippen molar-refractivity contribution >= 4 is 5.84 Å². The molecule has 2 heteroatoms. The summed E-state index contributed by atoms with van der Waals surface area (Å²) in [6, 6.07) is 0. The normalized spacial score (nSPS) is 12.1.